The van der Waals surface area contributed by atoms with E-state index in [1.54, 1.807) is 11.3 Å². The molecule has 0 aromatic carbocycles. The quantitative estimate of drug-likeness (QED) is 0.415. The second-order valence-corrected chi connectivity index (χ2v) is 7.97. The van der Waals surface area contributed by atoms with Gasteiger partial charge in [-0.2, -0.15) is 16.4 Å². The average molecular weight is 398 g/mol. The first-order chi connectivity index (χ1) is 14.4. The van der Waals surface area contributed by atoms with Crippen LogP contribution in [0.5, 0.6) is 0 Å². The van der Waals surface area contributed by atoms with Crippen LogP contribution < -0.4 is 5.32 Å². The minimum absolute atomic E-state index is 0.897. The third-order valence-corrected chi connectivity index (χ3v) is 6.12. The molecule has 1 aliphatic rings. The van der Waals surface area contributed by atoms with Gasteiger partial charge in [0.1, 0.15) is 5.69 Å². The lowest BCUT2D eigenvalue weighted by atomic mass is 10.0. The summed E-state index contributed by atoms with van der Waals surface area (Å²) in [7, 11) is 0. The molecule has 0 unspecified atom stereocenters. The van der Waals surface area contributed by atoms with Crippen LogP contribution in [0.25, 0.3) is 50.0 Å². The van der Waals surface area contributed by atoms with Crippen LogP contribution >= 0.6 is 11.3 Å². The minimum Gasteiger partial charge on any atom is -0.353 e. The Labute approximate surface area is 170 Å². The molecule has 0 aliphatic carbocycles. The molecule has 0 atom stereocenters. The van der Waals surface area contributed by atoms with E-state index in [0.717, 1.165) is 69.7 Å². The molecule has 6 nitrogen and oxygen atoms in total. The number of fused-ring (bicyclic) bond motifs is 2. The molecule has 0 fully saturated rings. The van der Waals surface area contributed by atoms with E-state index in [1.165, 1.54) is 5.57 Å². The highest BCUT2D eigenvalue weighted by Gasteiger charge is 2.16. The SMILES string of the molecule is C1=C(c2cc3c(-c4cc5c(-c6ccsc6)nccc5[nH]4)n[nH]c3cn2)CCNC1. The first-order valence-corrected chi connectivity index (χ1v) is 10.6. The third kappa shape index (κ3) is 2.78. The van der Waals surface area contributed by atoms with Gasteiger partial charge in [0, 0.05) is 40.0 Å². The van der Waals surface area contributed by atoms with Gasteiger partial charge in [-0.15, -0.1) is 0 Å². The second-order valence-electron chi connectivity index (χ2n) is 7.19. The molecule has 5 aromatic heterocycles. The van der Waals surface area contributed by atoms with Crippen molar-refractivity contribution in [3.05, 3.63) is 59.2 Å². The maximum absolute atomic E-state index is 4.64. The van der Waals surface area contributed by atoms with Gasteiger partial charge in [0.25, 0.3) is 0 Å². The summed E-state index contributed by atoms with van der Waals surface area (Å²) < 4.78 is 0. The minimum atomic E-state index is 0.897. The van der Waals surface area contributed by atoms with Gasteiger partial charge < -0.3 is 10.3 Å². The maximum atomic E-state index is 4.64. The molecular weight excluding hydrogens is 380 g/mol. The number of nitrogens with one attached hydrogen (secondary N) is 3. The fourth-order valence-electron chi connectivity index (χ4n) is 3.96. The van der Waals surface area contributed by atoms with Crippen molar-refractivity contribution >= 4 is 38.7 Å². The lowest BCUT2D eigenvalue weighted by molar-refractivity contribution is 0.737. The Morgan fingerprint density at radius 1 is 1.00 bits per heavy atom. The predicted molar refractivity (Wildman–Crippen MR) is 118 cm³/mol. The number of hydrogen-bond acceptors (Lipinski definition) is 5. The molecule has 6 rings (SSSR count). The van der Waals surface area contributed by atoms with Gasteiger partial charge in [-0.25, -0.2) is 0 Å². The summed E-state index contributed by atoms with van der Waals surface area (Å²) in [6, 6.07) is 8.41. The lowest BCUT2D eigenvalue weighted by Crippen LogP contribution is -2.20. The monoisotopic (exact) mass is 398 g/mol. The Kier molecular flexibility index (Phi) is 3.82. The summed E-state index contributed by atoms with van der Waals surface area (Å²) in [5, 5.41) is 17.5. The second kappa shape index (κ2) is 6.65. The number of pyridine rings is 2. The van der Waals surface area contributed by atoms with E-state index < -0.39 is 0 Å². The number of rotatable bonds is 3. The fourth-order valence-corrected chi connectivity index (χ4v) is 4.60. The number of hydrogen-bond donors (Lipinski definition) is 3. The van der Waals surface area contributed by atoms with Crippen molar-refractivity contribution in [2.75, 3.05) is 13.1 Å². The maximum Gasteiger partial charge on any atom is 0.116 e. The standard InChI is InChI=1S/C22H18N6S/c1-5-23-6-2-13(1)18-9-16-20(11-25-18)27-28-22(16)19-10-15-17(26-19)3-7-24-21(15)14-4-8-29-12-14/h1,3-4,7-12,23,26H,2,5-6H2,(H,27,28). The van der Waals surface area contributed by atoms with E-state index in [1.807, 2.05) is 18.5 Å². The van der Waals surface area contributed by atoms with E-state index in [9.17, 15) is 0 Å². The van der Waals surface area contributed by atoms with Crippen molar-refractivity contribution in [3.8, 4) is 22.6 Å². The summed E-state index contributed by atoms with van der Waals surface area (Å²) in [5.74, 6) is 0. The lowest BCUT2D eigenvalue weighted by Gasteiger charge is -2.13. The van der Waals surface area contributed by atoms with Crippen molar-refractivity contribution in [1.29, 1.82) is 0 Å². The van der Waals surface area contributed by atoms with E-state index in [2.05, 4.69) is 65.5 Å². The summed E-state index contributed by atoms with van der Waals surface area (Å²) >= 11 is 1.68. The fraction of sp³-hybridized carbons (Fsp3) is 0.136. The smallest absolute Gasteiger partial charge is 0.116 e. The van der Waals surface area contributed by atoms with Crippen LogP contribution in [0.15, 0.2) is 53.5 Å². The number of thiophene rings is 1. The van der Waals surface area contributed by atoms with Crippen molar-refractivity contribution in [3.63, 3.8) is 0 Å². The van der Waals surface area contributed by atoms with Crippen molar-refractivity contribution < 1.29 is 0 Å². The summed E-state index contributed by atoms with van der Waals surface area (Å²) in [5.41, 5.74) is 8.33. The molecule has 3 N–H and O–H groups in total. The van der Waals surface area contributed by atoms with Gasteiger partial charge in [0.15, 0.2) is 0 Å². The Bertz CT molecular complexity index is 1360. The number of aromatic nitrogens is 5. The zero-order chi connectivity index (χ0) is 19.2. The molecule has 0 amide bonds. The highest BCUT2D eigenvalue weighted by molar-refractivity contribution is 7.08. The summed E-state index contributed by atoms with van der Waals surface area (Å²) in [4.78, 5) is 12.8. The number of nitrogens with zero attached hydrogens (tertiary/aromatic N) is 3. The van der Waals surface area contributed by atoms with E-state index >= 15 is 0 Å². The van der Waals surface area contributed by atoms with Gasteiger partial charge >= 0.3 is 0 Å². The highest BCUT2D eigenvalue weighted by Crippen LogP contribution is 2.34. The molecule has 0 spiro atoms. The zero-order valence-corrected chi connectivity index (χ0v) is 16.4. The Morgan fingerprint density at radius 2 is 1.97 bits per heavy atom. The molecule has 0 saturated heterocycles. The molecule has 29 heavy (non-hydrogen) atoms. The van der Waals surface area contributed by atoms with Crippen molar-refractivity contribution in [1.82, 2.24) is 30.5 Å². The highest BCUT2D eigenvalue weighted by atomic mass is 32.1. The largest absolute Gasteiger partial charge is 0.353 e. The Balaban J connectivity index is 1.50. The molecule has 5 aromatic rings. The van der Waals surface area contributed by atoms with Crippen LogP contribution in [0.1, 0.15) is 12.1 Å². The van der Waals surface area contributed by atoms with E-state index in [0.29, 0.717) is 0 Å². The normalized spacial score (nSPS) is 14.6. The van der Waals surface area contributed by atoms with Crippen LogP contribution in [0.2, 0.25) is 0 Å². The predicted octanol–water partition coefficient (Wildman–Crippen LogP) is 4.61. The van der Waals surface area contributed by atoms with Crippen LogP contribution in [0.3, 0.4) is 0 Å². The molecule has 7 heteroatoms. The van der Waals surface area contributed by atoms with Gasteiger partial charge in [-0.3, -0.25) is 15.1 Å². The molecule has 142 valence electrons. The first kappa shape index (κ1) is 16.6. The van der Waals surface area contributed by atoms with Crippen molar-refractivity contribution in [2.24, 2.45) is 0 Å². The van der Waals surface area contributed by atoms with Gasteiger partial charge in [-0.1, -0.05) is 6.08 Å². The van der Waals surface area contributed by atoms with E-state index in [4.69, 9.17) is 0 Å². The summed E-state index contributed by atoms with van der Waals surface area (Å²) in [6.45, 7) is 1.89. The molecular formula is C22H18N6S. The van der Waals surface area contributed by atoms with Crippen LogP contribution in [0, 0.1) is 0 Å². The number of aromatic amines is 2. The van der Waals surface area contributed by atoms with Crippen LogP contribution in [-0.2, 0) is 0 Å². The molecule has 0 bridgehead atoms. The molecule has 0 radical (unpaired) electrons. The van der Waals surface area contributed by atoms with Gasteiger partial charge in [-0.05, 0) is 48.2 Å². The summed E-state index contributed by atoms with van der Waals surface area (Å²) in [6.07, 6.45) is 6.95. The van der Waals surface area contributed by atoms with Crippen LogP contribution in [-0.4, -0.2) is 38.2 Å². The van der Waals surface area contributed by atoms with Gasteiger partial charge in [0.05, 0.1) is 28.8 Å². The zero-order valence-electron chi connectivity index (χ0n) is 15.6. The Morgan fingerprint density at radius 3 is 2.83 bits per heavy atom. The van der Waals surface area contributed by atoms with Crippen molar-refractivity contribution in [2.45, 2.75) is 6.42 Å². The number of H-pyrrole nitrogens is 2. The molecule has 0 saturated carbocycles. The first-order valence-electron chi connectivity index (χ1n) is 9.62. The molecule has 1 aliphatic heterocycles. The third-order valence-electron chi connectivity index (χ3n) is 5.44. The van der Waals surface area contributed by atoms with Crippen LogP contribution in [0.4, 0.5) is 0 Å². The Hall–Kier alpha value is -3.29. The molecule has 6 heterocycles. The topological polar surface area (TPSA) is 82.3 Å². The van der Waals surface area contributed by atoms with E-state index in [-0.39, 0.29) is 0 Å². The van der Waals surface area contributed by atoms with Gasteiger partial charge in [0.2, 0.25) is 0 Å². The average Bonchev–Trinajstić information content (AvgIpc) is 3.52.